The van der Waals surface area contributed by atoms with Crippen molar-refractivity contribution in [2.75, 3.05) is 18.4 Å². The second-order valence-corrected chi connectivity index (χ2v) is 10.1. The average molecular weight is 466 g/mol. The number of aromatic nitrogens is 3. The molecule has 0 amide bonds. The van der Waals surface area contributed by atoms with Crippen LogP contribution in [-0.2, 0) is 0 Å². The summed E-state index contributed by atoms with van der Waals surface area (Å²) in [5.41, 5.74) is 6.19. The van der Waals surface area contributed by atoms with E-state index in [-0.39, 0.29) is 5.56 Å². The van der Waals surface area contributed by atoms with Crippen LogP contribution in [0.5, 0.6) is 0 Å². The van der Waals surface area contributed by atoms with Crippen molar-refractivity contribution in [2.24, 2.45) is 0 Å². The fourth-order valence-corrected chi connectivity index (χ4v) is 5.44. The van der Waals surface area contributed by atoms with Gasteiger partial charge in [-0.25, -0.2) is 4.98 Å². The first-order chi connectivity index (χ1) is 17.0. The summed E-state index contributed by atoms with van der Waals surface area (Å²) in [5, 5.41) is 4.86. The van der Waals surface area contributed by atoms with Gasteiger partial charge in [0.25, 0.3) is 5.56 Å². The van der Waals surface area contributed by atoms with Gasteiger partial charge in [0.15, 0.2) is 0 Å². The third kappa shape index (κ3) is 4.46. The van der Waals surface area contributed by atoms with Gasteiger partial charge in [-0.05, 0) is 111 Å². The highest BCUT2D eigenvalue weighted by molar-refractivity contribution is 5.95. The van der Waals surface area contributed by atoms with Crippen LogP contribution in [0.2, 0.25) is 0 Å². The van der Waals surface area contributed by atoms with E-state index < -0.39 is 0 Å². The van der Waals surface area contributed by atoms with E-state index in [0.29, 0.717) is 17.1 Å². The number of benzene rings is 1. The molecule has 2 aliphatic rings. The Kier molecular flexibility index (Phi) is 5.61. The number of nitrogens with zero attached hydrogens (tertiary/aromatic N) is 3. The number of piperidine rings is 1. The summed E-state index contributed by atoms with van der Waals surface area (Å²) in [6.45, 7) is 6.59. The molecule has 0 atom stereocenters. The molecule has 1 saturated heterocycles. The molecular weight excluding hydrogens is 434 g/mol. The summed E-state index contributed by atoms with van der Waals surface area (Å²) < 4.78 is 0. The topological polar surface area (TPSA) is 73.9 Å². The number of fused-ring (bicyclic) bond motifs is 1. The number of nitrogens with one attached hydrogen (secondary N) is 2. The average Bonchev–Trinajstić information content (AvgIpc) is 3.70. The van der Waals surface area contributed by atoms with E-state index in [9.17, 15) is 4.79 Å². The zero-order valence-electron chi connectivity index (χ0n) is 20.3. The monoisotopic (exact) mass is 465 g/mol. The van der Waals surface area contributed by atoms with Gasteiger partial charge < -0.3 is 15.2 Å². The molecule has 2 N–H and O–H groups in total. The van der Waals surface area contributed by atoms with E-state index in [2.05, 4.69) is 45.3 Å². The van der Waals surface area contributed by atoms with Gasteiger partial charge in [-0.15, -0.1) is 0 Å². The van der Waals surface area contributed by atoms with Gasteiger partial charge in [0.2, 0.25) is 0 Å². The predicted octanol–water partition coefficient (Wildman–Crippen LogP) is 5.69. The molecule has 1 aliphatic heterocycles. The van der Waals surface area contributed by atoms with Gasteiger partial charge in [0, 0.05) is 35.4 Å². The molecule has 4 aromatic rings. The van der Waals surface area contributed by atoms with Crippen molar-refractivity contribution in [3.63, 3.8) is 0 Å². The highest BCUT2D eigenvalue weighted by atomic mass is 16.1. The highest BCUT2D eigenvalue weighted by Gasteiger charge is 2.32. The Balaban J connectivity index is 1.31. The zero-order chi connectivity index (χ0) is 23.9. The summed E-state index contributed by atoms with van der Waals surface area (Å²) in [5.74, 6) is 1.18. The molecule has 0 unspecified atom stereocenters. The lowest BCUT2D eigenvalue weighted by Crippen LogP contribution is -2.34. The molecule has 1 aromatic carbocycles. The predicted molar refractivity (Wildman–Crippen MR) is 141 cm³/mol. The Hall–Kier alpha value is -3.51. The van der Waals surface area contributed by atoms with Crippen LogP contribution in [0.1, 0.15) is 48.4 Å². The molecule has 3 aromatic heterocycles. The number of pyridine rings is 3. The standard InChI is InChI=1S/C29H31N5O/c1-18-15-23(5-8-25(18)20-10-13-34(14-11-20)24-6-7-24)32-28-27-21(9-12-30-29(27)35)16-26(33-28)22-4-3-19(2)31-17-22/h3-5,8-9,12,15-17,20,24H,6-7,10-11,13-14H2,1-2H3,(H,30,35)(H,32,33). The van der Waals surface area contributed by atoms with Gasteiger partial charge in [0.05, 0.1) is 11.1 Å². The molecule has 1 aliphatic carbocycles. The van der Waals surface area contributed by atoms with Crippen LogP contribution in [0.3, 0.4) is 0 Å². The Morgan fingerprint density at radius 1 is 1.00 bits per heavy atom. The number of hydrogen-bond donors (Lipinski definition) is 2. The van der Waals surface area contributed by atoms with Crippen LogP contribution in [0.4, 0.5) is 11.5 Å². The number of anilines is 2. The van der Waals surface area contributed by atoms with Crippen molar-refractivity contribution in [3.05, 3.63) is 82.0 Å². The zero-order valence-corrected chi connectivity index (χ0v) is 20.3. The molecule has 178 valence electrons. The van der Waals surface area contributed by atoms with Crippen molar-refractivity contribution in [3.8, 4) is 11.3 Å². The van der Waals surface area contributed by atoms with Crippen molar-refractivity contribution in [1.29, 1.82) is 0 Å². The van der Waals surface area contributed by atoms with Crippen LogP contribution in [-0.4, -0.2) is 39.0 Å². The smallest absolute Gasteiger partial charge is 0.259 e. The molecular formula is C29H31N5O. The summed E-state index contributed by atoms with van der Waals surface area (Å²) in [4.78, 5) is 27.5. The molecule has 0 radical (unpaired) electrons. The van der Waals surface area contributed by atoms with E-state index in [1.807, 2.05) is 37.4 Å². The Morgan fingerprint density at radius 2 is 1.83 bits per heavy atom. The fourth-order valence-electron chi connectivity index (χ4n) is 5.44. The molecule has 6 rings (SSSR count). The Labute approximate surface area is 205 Å². The summed E-state index contributed by atoms with van der Waals surface area (Å²) in [6, 6.07) is 15.3. The first-order valence-electron chi connectivity index (χ1n) is 12.6. The van der Waals surface area contributed by atoms with Gasteiger partial charge in [-0.1, -0.05) is 6.07 Å². The number of likely N-dealkylation sites (tertiary alicyclic amines) is 1. The van der Waals surface area contributed by atoms with E-state index >= 15 is 0 Å². The van der Waals surface area contributed by atoms with Gasteiger partial charge in [-0.2, -0.15) is 0 Å². The highest BCUT2D eigenvalue weighted by Crippen LogP contribution is 2.36. The van der Waals surface area contributed by atoms with E-state index in [0.717, 1.165) is 34.1 Å². The molecule has 0 bridgehead atoms. The van der Waals surface area contributed by atoms with Gasteiger partial charge in [0.1, 0.15) is 5.82 Å². The van der Waals surface area contributed by atoms with E-state index in [1.54, 1.807) is 6.20 Å². The molecule has 6 heteroatoms. The molecule has 6 nitrogen and oxygen atoms in total. The lowest BCUT2D eigenvalue weighted by atomic mass is 9.86. The number of aryl methyl sites for hydroxylation is 2. The van der Waals surface area contributed by atoms with Crippen LogP contribution >= 0.6 is 0 Å². The van der Waals surface area contributed by atoms with Crippen molar-refractivity contribution < 1.29 is 0 Å². The minimum atomic E-state index is -0.151. The van der Waals surface area contributed by atoms with E-state index in [4.69, 9.17) is 4.98 Å². The van der Waals surface area contributed by atoms with Crippen LogP contribution in [0.25, 0.3) is 22.0 Å². The Bertz CT molecular complexity index is 1430. The van der Waals surface area contributed by atoms with Crippen LogP contribution < -0.4 is 10.9 Å². The molecule has 35 heavy (non-hydrogen) atoms. The number of hydrogen-bond acceptors (Lipinski definition) is 5. The summed E-state index contributed by atoms with van der Waals surface area (Å²) in [6.07, 6.45) is 8.75. The minimum absolute atomic E-state index is 0.151. The van der Waals surface area contributed by atoms with Gasteiger partial charge in [-0.3, -0.25) is 9.78 Å². The molecule has 2 fully saturated rings. The molecule has 0 spiro atoms. The lowest BCUT2D eigenvalue weighted by Gasteiger charge is -2.33. The first kappa shape index (κ1) is 22.0. The third-order valence-electron chi connectivity index (χ3n) is 7.53. The first-order valence-corrected chi connectivity index (χ1v) is 12.6. The van der Waals surface area contributed by atoms with Gasteiger partial charge >= 0.3 is 0 Å². The van der Waals surface area contributed by atoms with Crippen molar-refractivity contribution in [1.82, 2.24) is 19.9 Å². The van der Waals surface area contributed by atoms with Crippen molar-refractivity contribution >= 4 is 22.3 Å². The maximum atomic E-state index is 12.7. The Morgan fingerprint density at radius 3 is 2.54 bits per heavy atom. The van der Waals surface area contributed by atoms with E-state index in [1.165, 1.54) is 49.9 Å². The second kappa shape index (κ2) is 8.93. The second-order valence-electron chi connectivity index (χ2n) is 10.1. The number of rotatable bonds is 5. The largest absolute Gasteiger partial charge is 0.340 e. The van der Waals surface area contributed by atoms with Crippen LogP contribution in [0, 0.1) is 13.8 Å². The third-order valence-corrected chi connectivity index (χ3v) is 7.53. The summed E-state index contributed by atoms with van der Waals surface area (Å²) >= 11 is 0. The quantitative estimate of drug-likeness (QED) is 0.396. The van der Waals surface area contributed by atoms with Crippen LogP contribution in [0.15, 0.2) is 59.7 Å². The normalized spacial score (nSPS) is 17.1. The maximum absolute atomic E-state index is 12.7. The minimum Gasteiger partial charge on any atom is -0.340 e. The SMILES string of the molecule is Cc1ccc(-c2cc3cc[nH]c(=O)c3c(Nc3ccc(C4CCN(C5CC5)CC4)c(C)c3)n2)cn1. The number of H-pyrrole nitrogens is 1. The number of aromatic amines is 1. The molecule has 1 saturated carbocycles. The fraction of sp³-hybridized carbons (Fsp3) is 0.345. The molecule has 4 heterocycles. The van der Waals surface area contributed by atoms with Crippen molar-refractivity contribution in [2.45, 2.75) is 51.5 Å². The summed E-state index contributed by atoms with van der Waals surface area (Å²) in [7, 11) is 0. The lowest BCUT2D eigenvalue weighted by molar-refractivity contribution is 0.203. The maximum Gasteiger partial charge on any atom is 0.259 e.